The highest BCUT2D eigenvalue weighted by molar-refractivity contribution is 7.92. The zero-order chi connectivity index (χ0) is 26.2. The molecule has 0 aliphatic carbocycles. The molecule has 0 spiro atoms. The van der Waals surface area contributed by atoms with Crippen molar-refractivity contribution in [1.82, 2.24) is 19.5 Å². The van der Waals surface area contributed by atoms with Gasteiger partial charge in [0.2, 0.25) is 17.7 Å². The summed E-state index contributed by atoms with van der Waals surface area (Å²) in [5.41, 5.74) is 2.52. The number of hydrogen-bond donors (Lipinski definition) is 1. The second-order valence-electron chi connectivity index (χ2n) is 8.35. The molecule has 0 atom stereocenters. The number of sulfonamides is 1. The van der Waals surface area contributed by atoms with E-state index in [2.05, 4.69) is 19.7 Å². The number of imidazole rings is 1. The van der Waals surface area contributed by atoms with Gasteiger partial charge >= 0.3 is 0 Å². The first-order chi connectivity index (χ1) is 17.7. The highest BCUT2D eigenvalue weighted by atomic mass is 32.2. The topological polar surface area (TPSA) is 136 Å². The molecule has 1 aliphatic rings. The monoisotopic (exact) mass is 518 g/mol. The van der Waals surface area contributed by atoms with Crippen LogP contribution in [0.15, 0.2) is 72.1 Å². The normalized spacial score (nSPS) is 13.7. The van der Waals surface area contributed by atoms with E-state index in [1.807, 2.05) is 18.4 Å². The van der Waals surface area contributed by atoms with E-state index in [9.17, 15) is 18.0 Å². The highest BCUT2D eigenvalue weighted by Gasteiger charge is 2.30. The Hall–Kier alpha value is -4.58. The second-order valence-corrected chi connectivity index (χ2v) is 10.0. The largest absolute Gasteiger partial charge is 0.439 e. The highest BCUT2D eigenvalue weighted by Crippen LogP contribution is 2.27. The van der Waals surface area contributed by atoms with Gasteiger partial charge in [0.05, 0.1) is 16.3 Å². The summed E-state index contributed by atoms with van der Waals surface area (Å²) in [6.45, 7) is 3.85. The number of carbonyl (C=O) groups excluding carboxylic acids is 2. The fraction of sp³-hybridized carbons (Fsp3) is 0.160. The minimum Gasteiger partial charge on any atom is -0.439 e. The van der Waals surface area contributed by atoms with Gasteiger partial charge in [0, 0.05) is 30.3 Å². The smallest absolute Gasteiger partial charge is 0.261 e. The molecule has 11 nitrogen and oxygen atoms in total. The van der Waals surface area contributed by atoms with Crippen molar-refractivity contribution in [3.8, 4) is 17.4 Å². The predicted molar refractivity (Wildman–Crippen MR) is 134 cm³/mol. The standard InChI is InChI=1S/C25H22N6O5S/c1-16-17(2)30(15-28-16)22-13-23(27-14-26-22)36-20-7-3-18(4-8-20)29-37(34,35)21-9-5-19(6-10-21)31-24(32)11-12-25(31)33/h3-10,13-15,29H,11-12H2,1-2H3. The van der Waals surface area contributed by atoms with Crippen molar-refractivity contribution in [2.75, 3.05) is 9.62 Å². The molecule has 37 heavy (non-hydrogen) atoms. The molecule has 12 heteroatoms. The molecule has 0 bridgehead atoms. The maximum Gasteiger partial charge on any atom is 0.261 e. The molecule has 1 fully saturated rings. The van der Waals surface area contributed by atoms with Crippen molar-refractivity contribution < 1.29 is 22.7 Å². The van der Waals surface area contributed by atoms with E-state index < -0.39 is 10.0 Å². The fourth-order valence-corrected chi connectivity index (χ4v) is 4.87. The third-order valence-corrected chi connectivity index (χ3v) is 7.31. The van der Waals surface area contributed by atoms with Crippen molar-refractivity contribution >= 4 is 33.2 Å². The number of benzene rings is 2. The number of aromatic nitrogens is 4. The van der Waals surface area contributed by atoms with Crippen molar-refractivity contribution in [2.24, 2.45) is 0 Å². The Bertz CT molecular complexity index is 1580. The molecule has 0 unspecified atom stereocenters. The summed E-state index contributed by atoms with van der Waals surface area (Å²) in [5.74, 6) is 0.781. The molecule has 0 saturated carbocycles. The SMILES string of the molecule is Cc1ncn(-c2cc(Oc3ccc(NS(=O)(=O)c4ccc(N5C(=O)CCC5=O)cc4)cc3)ncn2)c1C. The van der Waals surface area contributed by atoms with Crippen LogP contribution in [0.25, 0.3) is 5.82 Å². The third kappa shape index (κ3) is 4.91. The Balaban J connectivity index is 1.27. The lowest BCUT2D eigenvalue weighted by molar-refractivity contribution is -0.121. The molecule has 1 aliphatic heterocycles. The van der Waals surface area contributed by atoms with Crippen LogP contribution in [0.1, 0.15) is 24.2 Å². The molecule has 0 radical (unpaired) electrons. The van der Waals surface area contributed by atoms with Gasteiger partial charge in [-0.1, -0.05) is 0 Å². The average molecular weight is 519 g/mol. The van der Waals surface area contributed by atoms with E-state index in [4.69, 9.17) is 4.74 Å². The number of nitrogens with zero attached hydrogens (tertiary/aromatic N) is 5. The number of imide groups is 1. The van der Waals surface area contributed by atoms with E-state index in [-0.39, 0.29) is 29.6 Å². The second kappa shape index (κ2) is 9.47. The van der Waals surface area contributed by atoms with E-state index in [1.54, 1.807) is 36.7 Å². The first kappa shape index (κ1) is 24.1. The number of ether oxygens (including phenoxy) is 1. The van der Waals surface area contributed by atoms with E-state index in [0.29, 0.717) is 28.8 Å². The van der Waals surface area contributed by atoms with Crippen LogP contribution < -0.4 is 14.4 Å². The van der Waals surface area contributed by atoms with Gasteiger partial charge in [-0.25, -0.2) is 23.4 Å². The summed E-state index contributed by atoms with van der Waals surface area (Å²) < 4.78 is 35.8. The van der Waals surface area contributed by atoms with Gasteiger partial charge < -0.3 is 4.74 Å². The molecular weight excluding hydrogens is 496 g/mol. The van der Waals surface area contributed by atoms with Gasteiger partial charge in [0.15, 0.2) is 0 Å². The Kier molecular flexibility index (Phi) is 6.17. The Morgan fingerprint density at radius 3 is 2.19 bits per heavy atom. The Morgan fingerprint density at radius 1 is 0.892 bits per heavy atom. The van der Waals surface area contributed by atoms with Crippen molar-refractivity contribution in [3.05, 3.63) is 78.6 Å². The number of hydrogen-bond acceptors (Lipinski definition) is 8. The van der Waals surface area contributed by atoms with Crippen molar-refractivity contribution in [1.29, 1.82) is 0 Å². The Labute approximate surface area is 212 Å². The van der Waals surface area contributed by atoms with Crippen molar-refractivity contribution in [3.63, 3.8) is 0 Å². The van der Waals surface area contributed by atoms with Crippen LogP contribution in [0.5, 0.6) is 11.6 Å². The molecule has 188 valence electrons. The quantitative estimate of drug-likeness (QED) is 0.367. The van der Waals surface area contributed by atoms with Gasteiger partial charge in [-0.2, -0.15) is 0 Å². The van der Waals surface area contributed by atoms with E-state index >= 15 is 0 Å². The van der Waals surface area contributed by atoms with Crippen LogP contribution >= 0.6 is 0 Å². The van der Waals surface area contributed by atoms with Crippen molar-refractivity contribution in [2.45, 2.75) is 31.6 Å². The molecule has 1 saturated heterocycles. The summed E-state index contributed by atoms with van der Waals surface area (Å²) in [6, 6.07) is 13.6. The maximum atomic E-state index is 12.8. The molecule has 1 N–H and O–H groups in total. The Morgan fingerprint density at radius 2 is 1.57 bits per heavy atom. The minimum atomic E-state index is -3.90. The third-order valence-electron chi connectivity index (χ3n) is 5.91. The lowest BCUT2D eigenvalue weighted by atomic mass is 10.3. The van der Waals surface area contributed by atoms with Crippen LogP contribution in [0.4, 0.5) is 11.4 Å². The average Bonchev–Trinajstić information content (AvgIpc) is 3.40. The van der Waals surface area contributed by atoms with Gasteiger partial charge in [-0.05, 0) is 62.4 Å². The molecule has 5 rings (SSSR count). The fourth-order valence-electron chi connectivity index (χ4n) is 3.81. The zero-order valence-corrected chi connectivity index (χ0v) is 20.8. The molecule has 4 aromatic rings. The number of carbonyl (C=O) groups is 2. The number of aryl methyl sites for hydroxylation is 1. The predicted octanol–water partition coefficient (Wildman–Crippen LogP) is 3.53. The molecule has 2 aromatic heterocycles. The van der Waals surface area contributed by atoms with E-state index in [0.717, 1.165) is 16.3 Å². The first-order valence-electron chi connectivity index (χ1n) is 11.3. The van der Waals surface area contributed by atoms with Gasteiger partial charge in [0.1, 0.15) is 24.2 Å². The lowest BCUT2D eigenvalue weighted by Crippen LogP contribution is -2.28. The van der Waals surface area contributed by atoms with Crippen LogP contribution in [0, 0.1) is 13.8 Å². The summed E-state index contributed by atoms with van der Waals surface area (Å²) in [7, 11) is -3.90. The first-order valence-corrected chi connectivity index (χ1v) is 12.8. The van der Waals surface area contributed by atoms with Crippen LogP contribution in [-0.2, 0) is 19.6 Å². The number of amides is 2. The van der Waals surface area contributed by atoms with Gasteiger partial charge in [-0.15, -0.1) is 0 Å². The summed E-state index contributed by atoms with van der Waals surface area (Å²) in [5, 5.41) is 0. The van der Waals surface area contributed by atoms with Gasteiger partial charge in [-0.3, -0.25) is 23.8 Å². The summed E-state index contributed by atoms with van der Waals surface area (Å²) in [4.78, 5) is 37.5. The molecular formula is C25H22N6O5S. The zero-order valence-electron chi connectivity index (χ0n) is 20.0. The molecule has 2 aromatic carbocycles. The van der Waals surface area contributed by atoms with Crippen LogP contribution in [-0.4, -0.2) is 39.8 Å². The summed E-state index contributed by atoms with van der Waals surface area (Å²) >= 11 is 0. The summed E-state index contributed by atoms with van der Waals surface area (Å²) in [6.07, 6.45) is 3.38. The number of rotatable bonds is 7. The lowest BCUT2D eigenvalue weighted by Gasteiger charge is -2.14. The number of nitrogens with one attached hydrogen (secondary N) is 1. The van der Waals surface area contributed by atoms with Gasteiger partial charge in [0.25, 0.3) is 10.0 Å². The van der Waals surface area contributed by atoms with E-state index in [1.165, 1.54) is 30.6 Å². The minimum absolute atomic E-state index is 0.00535. The molecule has 3 heterocycles. The number of anilines is 2. The van der Waals surface area contributed by atoms with Crippen LogP contribution in [0.2, 0.25) is 0 Å². The maximum absolute atomic E-state index is 12.8. The van der Waals surface area contributed by atoms with Crippen LogP contribution in [0.3, 0.4) is 0 Å². The molecule has 2 amide bonds.